The van der Waals surface area contributed by atoms with Crippen LogP contribution in [0.25, 0.3) is 5.57 Å². The standard InChI is InChI=1S/C25H26F3N3O2/c1-4-29-11-13-30(14-12-29)22-21(18-6-5-16(2)17(3)15-18)23(32)31(24(22)33)20-9-7-19(8-10-20)25(26,27)28/h5-10,15H,4,11-14H2,1-3H3. The van der Waals surface area contributed by atoms with Gasteiger partial charge in [0.2, 0.25) is 0 Å². The SMILES string of the molecule is CCN1CCN(C2=C(c3ccc(C)c(C)c3)C(=O)N(c3ccc(C(F)(F)F)cc3)C2=O)CC1. The minimum absolute atomic E-state index is 0.126. The number of hydrogen-bond donors (Lipinski definition) is 0. The van der Waals surface area contributed by atoms with Crippen molar-refractivity contribution in [1.82, 2.24) is 9.80 Å². The molecule has 2 aromatic carbocycles. The molecule has 4 rings (SSSR count). The molecule has 0 aromatic heterocycles. The molecule has 0 aliphatic carbocycles. The van der Waals surface area contributed by atoms with E-state index >= 15 is 0 Å². The normalized spacial score (nSPS) is 18.0. The Hall–Kier alpha value is -3.13. The summed E-state index contributed by atoms with van der Waals surface area (Å²) >= 11 is 0. The summed E-state index contributed by atoms with van der Waals surface area (Å²) in [6.45, 7) is 9.61. The van der Waals surface area contributed by atoms with E-state index in [1.54, 1.807) is 0 Å². The molecule has 5 nitrogen and oxygen atoms in total. The van der Waals surface area contributed by atoms with Gasteiger partial charge in [0.05, 0.1) is 16.8 Å². The number of carbonyl (C=O) groups is 2. The fraction of sp³-hybridized carbons (Fsp3) is 0.360. The molecule has 0 N–H and O–H groups in total. The largest absolute Gasteiger partial charge is 0.416 e. The smallest absolute Gasteiger partial charge is 0.364 e. The Morgan fingerprint density at radius 1 is 0.848 bits per heavy atom. The van der Waals surface area contributed by atoms with Gasteiger partial charge in [-0.3, -0.25) is 9.59 Å². The molecule has 0 saturated carbocycles. The summed E-state index contributed by atoms with van der Waals surface area (Å²) in [6.07, 6.45) is -4.50. The van der Waals surface area contributed by atoms with Gasteiger partial charge in [-0.05, 0) is 61.3 Å². The molecule has 0 unspecified atom stereocenters. The maximum Gasteiger partial charge on any atom is 0.416 e. The van der Waals surface area contributed by atoms with Crippen molar-refractivity contribution in [3.05, 3.63) is 70.4 Å². The van der Waals surface area contributed by atoms with Crippen molar-refractivity contribution in [3.8, 4) is 0 Å². The van der Waals surface area contributed by atoms with Crippen molar-refractivity contribution in [1.29, 1.82) is 0 Å². The number of hydrogen-bond acceptors (Lipinski definition) is 4. The zero-order chi connectivity index (χ0) is 23.9. The average molecular weight is 457 g/mol. The molecule has 8 heteroatoms. The van der Waals surface area contributed by atoms with Gasteiger partial charge >= 0.3 is 6.18 Å². The number of benzene rings is 2. The fourth-order valence-electron chi connectivity index (χ4n) is 4.29. The first-order valence-electron chi connectivity index (χ1n) is 11.0. The highest BCUT2D eigenvalue weighted by Crippen LogP contribution is 2.37. The van der Waals surface area contributed by atoms with Gasteiger partial charge in [-0.15, -0.1) is 0 Å². The molecule has 0 radical (unpaired) electrons. The van der Waals surface area contributed by atoms with Crippen LogP contribution in [-0.4, -0.2) is 54.3 Å². The number of piperazine rings is 1. The van der Waals surface area contributed by atoms with Gasteiger partial charge in [0.25, 0.3) is 11.8 Å². The number of imide groups is 1. The van der Waals surface area contributed by atoms with Crippen molar-refractivity contribution in [3.63, 3.8) is 0 Å². The van der Waals surface area contributed by atoms with Crippen molar-refractivity contribution in [2.24, 2.45) is 0 Å². The molecule has 0 atom stereocenters. The lowest BCUT2D eigenvalue weighted by atomic mass is 9.99. The Labute approximate surface area is 191 Å². The third-order valence-electron chi connectivity index (χ3n) is 6.44. The number of nitrogens with zero attached hydrogens (tertiary/aromatic N) is 3. The van der Waals surface area contributed by atoms with Crippen molar-refractivity contribution in [2.45, 2.75) is 26.9 Å². The number of likely N-dealkylation sites (N-methyl/N-ethyl adjacent to an activating group) is 1. The van der Waals surface area contributed by atoms with E-state index in [2.05, 4.69) is 11.8 Å². The lowest BCUT2D eigenvalue weighted by Gasteiger charge is -2.36. The van der Waals surface area contributed by atoms with E-state index in [0.29, 0.717) is 29.9 Å². The van der Waals surface area contributed by atoms with Crippen LogP contribution in [-0.2, 0) is 15.8 Å². The molecule has 0 bridgehead atoms. The first-order chi connectivity index (χ1) is 15.6. The predicted octanol–water partition coefficient (Wildman–Crippen LogP) is 4.24. The Bertz CT molecular complexity index is 1110. The van der Waals surface area contributed by atoms with Crippen LogP contribution in [0, 0.1) is 13.8 Å². The molecule has 1 fully saturated rings. The van der Waals surface area contributed by atoms with Gasteiger partial charge in [-0.25, -0.2) is 4.90 Å². The molecule has 174 valence electrons. The fourth-order valence-corrected chi connectivity index (χ4v) is 4.29. The molecule has 2 aliphatic heterocycles. The molecule has 1 saturated heterocycles. The second-order valence-corrected chi connectivity index (χ2v) is 8.43. The zero-order valence-corrected chi connectivity index (χ0v) is 18.9. The molecule has 0 spiro atoms. The van der Waals surface area contributed by atoms with Gasteiger partial charge in [-0.1, -0.05) is 25.1 Å². The van der Waals surface area contributed by atoms with Crippen LogP contribution in [0.1, 0.15) is 29.2 Å². The molecular weight excluding hydrogens is 431 g/mol. The Morgan fingerprint density at radius 2 is 1.48 bits per heavy atom. The lowest BCUT2D eigenvalue weighted by Crippen LogP contribution is -2.47. The van der Waals surface area contributed by atoms with Gasteiger partial charge in [-0.2, -0.15) is 13.2 Å². The van der Waals surface area contributed by atoms with E-state index in [9.17, 15) is 22.8 Å². The van der Waals surface area contributed by atoms with Crippen LogP contribution >= 0.6 is 0 Å². The van der Waals surface area contributed by atoms with Crippen molar-refractivity contribution >= 4 is 23.1 Å². The average Bonchev–Trinajstić information content (AvgIpc) is 3.05. The summed E-state index contributed by atoms with van der Waals surface area (Å²) in [5.74, 6) is -1.02. The molecular formula is C25H26F3N3O2. The van der Waals surface area contributed by atoms with Crippen LogP contribution in [0.5, 0.6) is 0 Å². The third-order valence-corrected chi connectivity index (χ3v) is 6.44. The van der Waals surface area contributed by atoms with Crippen LogP contribution in [0.3, 0.4) is 0 Å². The summed E-state index contributed by atoms with van der Waals surface area (Å²) in [5.41, 5.74) is 2.60. The number of halogens is 3. The minimum atomic E-state index is -4.50. The van der Waals surface area contributed by atoms with E-state index in [4.69, 9.17) is 0 Å². The van der Waals surface area contributed by atoms with E-state index < -0.39 is 23.6 Å². The minimum Gasteiger partial charge on any atom is -0.364 e. The highest BCUT2D eigenvalue weighted by atomic mass is 19.4. The third kappa shape index (κ3) is 4.27. The molecule has 2 aliphatic rings. The molecule has 33 heavy (non-hydrogen) atoms. The van der Waals surface area contributed by atoms with E-state index in [1.165, 1.54) is 12.1 Å². The summed E-state index contributed by atoms with van der Waals surface area (Å²) < 4.78 is 39.0. The van der Waals surface area contributed by atoms with Crippen LogP contribution in [0.15, 0.2) is 48.2 Å². The summed E-state index contributed by atoms with van der Waals surface area (Å²) in [6, 6.07) is 9.75. The number of carbonyl (C=O) groups excluding carboxylic acids is 2. The van der Waals surface area contributed by atoms with E-state index in [1.807, 2.05) is 36.9 Å². The van der Waals surface area contributed by atoms with Crippen molar-refractivity contribution in [2.75, 3.05) is 37.6 Å². The van der Waals surface area contributed by atoms with E-state index in [-0.39, 0.29) is 5.69 Å². The number of rotatable bonds is 4. The molecule has 2 amide bonds. The summed E-state index contributed by atoms with van der Waals surface area (Å²) in [4.78, 5) is 32.3. The van der Waals surface area contributed by atoms with Crippen LogP contribution in [0.2, 0.25) is 0 Å². The number of aryl methyl sites for hydroxylation is 2. The quantitative estimate of drug-likeness (QED) is 0.645. The maximum atomic E-state index is 13.6. The first kappa shape index (κ1) is 23.0. The Kier molecular flexibility index (Phi) is 6.05. The highest BCUT2D eigenvalue weighted by Gasteiger charge is 2.43. The maximum absolute atomic E-state index is 13.6. The monoisotopic (exact) mass is 457 g/mol. The number of alkyl halides is 3. The number of anilines is 1. The Balaban J connectivity index is 1.76. The second-order valence-electron chi connectivity index (χ2n) is 8.43. The molecule has 2 heterocycles. The van der Waals surface area contributed by atoms with Gasteiger partial charge in [0, 0.05) is 26.2 Å². The first-order valence-corrected chi connectivity index (χ1v) is 11.0. The van der Waals surface area contributed by atoms with Crippen LogP contribution < -0.4 is 4.90 Å². The van der Waals surface area contributed by atoms with Gasteiger partial charge < -0.3 is 9.80 Å². The number of amides is 2. The second kappa shape index (κ2) is 8.67. The van der Waals surface area contributed by atoms with E-state index in [0.717, 1.165) is 47.8 Å². The van der Waals surface area contributed by atoms with Crippen LogP contribution in [0.4, 0.5) is 18.9 Å². The summed E-state index contributed by atoms with van der Waals surface area (Å²) in [5, 5.41) is 0. The topological polar surface area (TPSA) is 43.9 Å². The van der Waals surface area contributed by atoms with Gasteiger partial charge in [0.15, 0.2) is 0 Å². The zero-order valence-electron chi connectivity index (χ0n) is 18.9. The molecule has 2 aromatic rings. The van der Waals surface area contributed by atoms with Gasteiger partial charge in [0.1, 0.15) is 5.70 Å². The lowest BCUT2D eigenvalue weighted by molar-refractivity contribution is -0.137. The van der Waals surface area contributed by atoms with Crippen molar-refractivity contribution < 1.29 is 22.8 Å². The Morgan fingerprint density at radius 3 is 2.03 bits per heavy atom. The summed E-state index contributed by atoms with van der Waals surface area (Å²) in [7, 11) is 0. The highest BCUT2D eigenvalue weighted by molar-refractivity contribution is 6.45. The predicted molar refractivity (Wildman–Crippen MR) is 120 cm³/mol.